The van der Waals surface area contributed by atoms with Crippen molar-refractivity contribution in [1.82, 2.24) is 20.2 Å². The van der Waals surface area contributed by atoms with Gasteiger partial charge in [0.25, 0.3) is 0 Å². The van der Waals surface area contributed by atoms with Crippen molar-refractivity contribution in [3.05, 3.63) is 18.2 Å². The van der Waals surface area contributed by atoms with Crippen LogP contribution in [0, 0.1) is 0 Å². The maximum absolute atomic E-state index is 12.4. The third-order valence-electron chi connectivity index (χ3n) is 2.51. The van der Waals surface area contributed by atoms with Crippen molar-refractivity contribution in [2.45, 2.75) is 12.6 Å². The standard InChI is InChI=1S/C9H13F3N4O/c10-9(11,12)17-8(7-5-14-6-15-7)16-3-1-13-2-4-16/h5-6,8,13H,1-4H2,(H,14,15). The van der Waals surface area contributed by atoms with Crippen LogP contribution in [0.4, 0.5) is 13.2 Å². The number of aromatic nitrogens is 2. The normalized spacial score (nSPS) is 20.4. The van der Waals surface area contributed by atoms with Crippen molar-refractivity contribution in [2.24, 2.45) is 0 Å². The average molecular weight is 250 g/mol. The van der Waals surface area contributed by atoms with Crippen LogP contribution < -0.4 is 5.32 Å². The first-order valence-electron chi connectivity index (χ1n) is 5.24. The second-order valence-electron chi connectivity index (χ2n) is 3.71. The van der Waals surface area contributed by atoms with Gasteiger partial charge in [0, 0.05) is 26.2 Å². The van der Waals surface area contributed by atoms with Crippen LogP contribution in [0.25, 0.3) is 0 Å². The first-order valence-corrected chi connectivity index (χ1v) is 5.24. The Morgan fingerprint density at radius 1 is 1.35 bits per heavy atom. The first kappa shape index (κ1) is 12.3. The number of alkyl halides is 3. The molecule has 1 saturated heterocycles. The summed E-state index contributed by atoms with van der Waals surface area (Å²) >= 11 is 0. The molecular weight excluding hydrogens is 237 g/mol. The topological polar surface area (TPSA) is 53.2 Å². The summed E-state index contributed by atoms with van der Waals surface area (Å²) in [7, 11) is 0. The molecule has 1 fully saturated rings. The molecule has 1 aromatic rings. The molecule has 2 N–H and O–H groups in total. The van der Waals surface area contributed by atoms with Gasteiger partial charge in [-0.15, -0.1) is 13.2 Å². The number of ether oxygens (including phenoxy) is 1. The van der Waals surface area contributed by atoms with Crippen LogP contribution in [0.1, 0.15) is 11.9 Å². The Balaban J connectivity index is 2.12. The molecule has 0 aromatic carbocycles. The van der Waals surface area contributed by atoms with E-state index in [1.807, 2.05) is 0 Å². The number of piperazine rings is 1. The Bertz CT molecular complexity index is 335. The quantitative estimate of drug-likeness (QED) is 0.835. The highest BCUT2D eigenvalue weighted by molar-refractivity contribution is 5.00. The first-order chi connectivity index (χ1) is 8.06. The fourth-order valence-electron chi connectivity index (χ4n) is 1.78. The molecule has 0 spiro atoms. The van der Waals surface area contributed by atoms with Crippen molar-refractivity contribution < 1.29 is 17.9 Å². The van der Waals surface area contributed by atoms with Gasteiger partial charge in [0.2, 0.25) is 0 Å². The SMILES string of the molecule is FC(F)(F)OC(c1cnc[nH]1)N1CCNCC1. The zero-order valence-electron chi connectivity index (χ0n) is 9.00. The zero-order valence-corrected chi connectivity index (χ0v) is 9.00. The van der Waals surface area contributed by atoms with Gasteiger partial charge in [-0.2, -0.15) is 0 Å². The Labute approximate surface area is 96.0 Å². The van der Waals surface area contributed by atoms with Crippen molar-refractivity contribution in [3.8, 4) is 0 Å². The van der Waals surface area contributed by atoms with Gasteiger partial charge in [0.15, 0.2) is 6.23 Å². The van der Waals surface area contributed by atoms with Crippen molar-refractivity contribution in [1.29, 1.82) is 0 Å². The van der Waals surface area contributed by atoms with Crippen LogP contribution in [0.3, 0.4) is 0 Å². The van der Waals surface area contributed by atoms with Crippen molar-refractivity contribution in [2.75, 3.05) is 26.2 Å². The minimum absolute atomic E-state index is 0.309. The zero-order chi connectivity index (χ0) is 12.3. The van der Waals surface area contributed by atoms with Crippen LogP contribution in [0.5, 0.6) is 0 Å². The van der Waals surface area contributed by atoms with Gasteiger partial charge in [-0.1, -0.05) is 0 Å². The molecule has 0 saturated carbocycles. The molecule has 2 heterocycles. The lowest BCUT2D eigenvalue weighted by atomic mass is 10.3. The maximum Gasteiger partial charge on any atom is 0.524 e. The summed E-state index contributed by atoms with van der Waals surface area (Å²) in [5, 5.41) is 3.07. The number of halogens is 3. The van der Waals surface area contributed by atoms with E-state index in [4.69, 9.17) is 0 Å². The van der Waals surface area contributed by atoms with Gasteiger partial charge >= 0.3 is 6.36 Å². The van der Waals surface area contributed by atoms with Crippen LogP contribution in [0.15, 0.2) is 12.5 Å². The molecule has 1 aromatic heterocycles. The molecule has 1 aliphatic heterocycles. The molecule has 0 amide bonds. The van der Waals surface area contributed by atoms with E-state index in [1.54, 1.807) is 4.90 Å². The smallest absolute Gasteiger partial charge is 0.345 e. The molecule has 0 bridgehead atoms. The molecule has 2 rings (SSSR count). The van der Waals surface area contributed by atoms with Crippen molar-refractivity contribution >= 4 is 0 Å². The summed E-state index contributed by atoms with van der Waals surface area (Å²) in [6, 6.07) is 0. The lowest BCUT2D eigenvalue weighted by Gasteiger charge is -2.34. The van der Waals surface area contributed by atoms with Gasteiger partial charge in [0.1, 0.15) is 0 Å². The van der Waals surface area contributed by atoms with Crippen LogP contribution >= 0.6 is 0 Å². The molecule has 8 heteroatoms. The lowest BCUT2D eigenvalue weighted by molar-refractivity contribution is -0.364. The molecule has 0 aliphatic carbocycles. The monoisotopic (exact) mass is 250 g/mol. The highest BCUT2D eigenvalue weighted by Gasteiger charge is 2.37. The summed E-state index contributed by atoms with van der Waals surface area (Å²) < 4.78 is 41.2. The number of hydrogen-bond acceptors (Lipinski definition) is 4. The Hall–Kier alpha value is -1.12. The Morgan fingerprint density at radius 2 is 2.06 bits per heavy atom. The van der Waals surface area contributed by atoms with Gasteiger partial charge < -0.3 is 10.3 Å². The summed E-state index contributed by atoms with van der Waals surface area (Å²) in [5.41, 5.74) is 0.309. The lowest BCUT2D eigenvalue weighted by Crippen LogP contribution is -2.46. The van der Waals surface area contributed by atoms with Crippen LogP contribution in [-0.2, 0) is 4.74 Å². The molecule has 0 radical (unpaired) electrons. The van der Waals surface area contributed by atoms with E-state index < -0.39 is 12.6 Å². The minimum atomic E-state index is -4.67. The van der Waals surface area contributed by atoms with E-state index >= 15 is 0 Å². The second kappa shape index (κ2) is 5.03. The van der Waals surface area contributed by atoms with E-state index in [2.05, 4.69) is 20.0 Å². The van der Waals surface area contributed by atoms with Crippen LogP contribution in [0.2, 0.25) is 0 Å². The predicted octanol–water partition coefficient (Wildman–Crippen LogP) is 0.850. The van der Waals surface area contributed by atoms with Gasteiger partial charge in [-0.3, -0.25) is 9.64 Å². The number of imidazole rings is 1. The largest absolute Gasteiger partial charge is 0.524 e. The predicted molar refractivity (Wildman–Crippen MR) is 52.9 cm³/mol. The van der Waals surface area contributed by atoms with Crippen LogP contribution in [-0.4, -0.2) is 47.4 Å². The molecule has 5 nitrogen and oxygen atoms in total. The summed E-state index contributed by atoms with van der Waals surface area (Å²) in [6.45, 7) is 2.29. The van der Waals surface area contributed by atoms with Gasteiger partial charge in [0.05, 0.1) is 18.2 Å². The van der Waals surface area contributed by atoms with E-state index in [0.29, 0.717) is 31.9 Å². The number of nitrogens with zero attached hydrogens (tertiary/aromatic N) is 2. The van der Waals surface area contributed by atoms with Crippen molar-refractivity contribution in [3.63, 3.8) is 0 Å². The fraction of sp³-hybridized carbons (Fsp3) is 0.667. The third-order valence-corrected chi connectivity index (χ3v) is 2.51. The van der Waals surface area contributed by atoms with Gasteiger partial charge in [-0.25, -0.2) is 4.98 Å². The summed E-state index contributed by atoms with van der Waals surface area (Å²) in [5.74, 6) is 0. The van der Waals surface area contributed by atoms with Gasteiger partial charge in [-0.05, 0) is 0 Å². The van der Waals surface area contributed by atoms with E-state index in [9.17, 15) is 13.2 Å². The molecule has 1 unspecified atom stereocenters. The third kappa shape index (κ3) is 3.42. The van der Waals surface area contributed by atoms with E-state index in [0.717, 1.165) is 0 Å². The number of H-pyrrole nitrogens is 1. The Kier molecular flexibility index (Phi) is 3.65. The highest BCUT2D eigenvalue weighted by Crippen LogP contribution is 2.29. The number of hydrogen-bond donors (Lipinski definition) is 2. The Morgan fingerprint density at radius 3 is 2.59 bits per heavy atom. The fourth-order valence-corrected chi connectivity index (χ4v) is 1.78. The highest BCUT2D eigenvalue weighted by atomic mass is 19.4. The molecule has 96 valence electrons. The summed E-state index contributed by atoms with van der Waals surface area (Å²) in [6.07, 6.45) is -3.14. The van der Waals surface area contributed by atoms with E-state index in [-0.39, 0.29) is 0 Å². The minimum Gasteiger partial charge on any atom is -0.345 e. The second-order valence-corrected chi connectivity index (χ2v) is 3.71. The number of rotatable bonds is 3. The molecule has 1 atom stereocenters. The molecular formula is C9H13F3N4O. The molecule has 17 heavy (non-hydrogen) atoms. The average Bonchev–Trinajstić information content (AvgIpc) is 2.79. The number of aromatic amines is 1. The maximum atomic E-state index is 12.4. The van der Waals surface area contributed by atoms with E-state index in [1.165, 1.54) is 12.5 Å². The molecule has 1 aliphatic rings. The summed E-state index contributed by atoms with van der Waals surface area (Å²) in [4.78, 5) is 8.00. The number of nitrogens with one attached hydrogen (secondary N) is 2.